The lowest BCUT2D eigenvalue weighted by atomic mass is 9.67. The van der Waals surface area contributed by atoms with Gasteiger partial charge in [-0.05, 0) is 55.7 Å². The molecule has 0 heterocycles. The van der Waals surface area contributed by atoms with Crippen molar-refractivity contribution >= 4 is 0 Å². The number of fused-ring (bicyclic) bond motifs is 2. The highest BCUT2D eigenvalue weighted by molar-refractivity contribution is 5.36. The van der Waals surface area contributed by atoms with E-state index in [1.807, 2.05) is 12.1 Å². The molecule has 1 N–H and O–H groups in total. The number of phenolic OH excluding ortho intramolecular Hbond substituents is 1. The number of aromatic hydroxyl groups is 1. The Hall–Kier alpha value is -1.24. The van der Waals surface area contributed by atoms with Gasteiger partial charge in [-0.2, -0.15) is 0 Å². The Morgan fingerprint density at radius 3 is 3.06 bits per heavy atom. The summed E-state index contributed by atoms with van der Waals surface area (Å²) in [5.74, 6) is 1.97. The molecule has 0 saturated heterocycles. The zero-order valence-electron chi connectivity index (χ0n) is 11.1. The van der Waals surface area contributed by atoms with Gasteiger partial charge in [-0.15, -0.1) is 0 Å². The zero-order valence-corrected chi connectivity index (χ0v) is 11.1. The van der Waals surface area contributed by atoms with Gasteiger partial charge in [0.05, 0.1) is 0 Å². The van der Waals surface area contributed by atoms with E-state index in [0.717, 1.165) is 5.92 Å². The maximum atomic E-state index is 9.77. The van der Waals surface area contributed by atoms with Crippen LogP contribution >= 0.6 is 0 Å². The van der Waals surface area contributed by atoms with Crippen molar-refractivity contribution in [3.05, 3.63) is 42.0 Å². The van der Waals surface area contributed by atoms with E-state index in [2.05, 4.69) is 25.1 Å². The molecule has 1 aromatic rings. The SMILES string of the molecule is C/C=C\[C@H]1CC2CCCC1(c1cccc(O)c1)C2. The van der Waals surface area contributed by atoms with Crippen molar-refractivity contribution in [2.45, 2.75) is 44.4 Å². The van der Waals surface area contributed by atoms with E-state index in [-0.39, 0.29) is 0 Å². The van der Waals surface area contributed by atoms with Crippen molar-refractivity contribution < 1.29 is 5.11 Å². The monoisotopic (exact) mass is 242 g/mol. The van der Waals surface area contributed by atoms with Crippen molar-refractivity contribution in [3.8, 4) is 5.75 Å². The van der Waals surface area contributed by atoms with E-state index in [4.69, 9.17) is 0 Å². The van der Waals surface area contributed by atoms with Gasteiger partial charge in [0.1, 0.15) is 5.75 Å². The van der Waals surface area contributed by atoms with Gasteiger partial charge in [0.15, 0.2) is 0 Å². The normalized spacial score (nSPS) is 35.2. The molecule has 0 radical (unpaired) electrons. The van der Waals surface area contributed by atoms with Crippen molar-refractivity contribution in [3.63, 3.8) is 0 Å². The van der Waals surface area contributed by atoms with Crippen molar-refractivity contribution in [2.75, 3.05) is 0 Å². The van der Waals surface area contributed by atoms with Gasteiger partial charge in [-0.1, -0.05) is 37.1 Å². The minimum atomic E-state index is 0.300. The van der Waals surface area contributed by atoms with Gasteiger partial charge in [0, 0.05) is 5.41 Å². The van der Waals surface area contributed by atoms with E-state index in [1.165, 1.54) is 37.7 Å². The molecule has 0 aliphatic heterocycles. The second-order valence-corrected chi connectivity index (χ2v) is 6.04. The fourth-order valence-corrected chi connectivity index (χ4v) is 4.34. The van der Waals surface area contributed by atoms with Crippen LogP contribution in [0.25, 0.3) is 0 Å². The fraction of sp³-hybridized carbons (Fsp3) is 0.529. The first kappa shape index (κ1) is 11.8. The summed E-state index contributed by atoms with van der Waals surface area (Å²) in [7, 11) is 0. The summed E-state index contributed by atoms with van der Waals surface area (Å²) in [6.07, 6.45) is 11.3. The third kappa shape index (κ3) is 1.77. The van der Waals surface area contributed by atoms with Crippen molar-refractivity contribution in [1.29, 1.82) is 0 Å². The molecule has 2 bridgehead atoms. The highest BCUT2D eigenvalue weighted by atomic mass is 16.3. The van der Waals surface area contributed by atoms with Crippen LogP contribution in [0, 0.1) is 11.8 Å². The van der Waals surface area contributed by atoms with Gasteiger partial charge in [0.2, 0.25) is 0 Å². The second kappa shape index (κ2) is 4.46. The van der Waals surface area contributed by atoms with E-state index in [9.17, 15) is 5.11 Å². The first-order chi connectivity index (χ1) is 8.74. The van der Waals surface area contributed by atoms with Gasteiger partial charge in [0.25, 0.3) is 0 Å². The summed E-state index contributed by atoms with van der Waals surface area (Å²) in [6.45, 7) is 2.12. The molecular formula is C17H22O. The Morgan fingerprint density at radius 2 is 2.28 bits per heavy atom. The fourth-order valence-electron chi connectivity index (χ4n) is 4.34. The van der Waals surface area contributed by atoms with Crippen LogP contribution in [0.2, 0.25) is 0 Å². The lowest BCUT2D eigenvalue weighted by Crippen LogP contribution is -2.31. The summed E-state index contributed by atoms with van der Waals surface area (Å²) in [5, 5.41) is 9.77. The van der Waals surface area contributed by atoms with E-state index >= 15 is 0 Å². The maximum Gasteiger partial charge on any atom is 0.115 e. The third-order valence-electron chi connectivity index (χ3n) is 5.03. The summed E-state index contributed by atoms with van der Waals surface area (Å²) in [5.41, 5.74) is 1.65. The Balaban J connectivity index is 2.04. The topological polar surface area (TPSA) is 20.2 Å². The quantitative estimate of drug-likeness (QED) is 0.761. The van der Waals surface area contributed by atoms with E-state index in [0.29, 0.717) is 17.1 Å². The molecule has 96 valence electrons. The summed E-state index contributed by atoms with van der Waals surface area (Å²) in [6, 6.07) is 7.97. The highest BCUT2D eigenvalue weighted by Crippen LogP contribution is 2.57. The van der Waals surface area contributed by atoms with Crippen LogP contribution in [0.4, 0.5) is 0 Å². The molecule has 0 aromatic heterocycles. The number of benzene rings is 1. The number of hydrogen-bond donors (Lipinski definition) is 1. The summed E-state index contributed by atoms with van der Waals surface area (Å²) < 4.78 is 0. The minimum absolute atomic E-state index is 0.300. The van der Waals surface area contributed by atoms with Crippen LogP contribution in [0.1, 0.15) is 44.6 Å². The van der Waals surface area contributed by atoms with E-state index in [1.54, 1.807) is 6.07 Å². The third-order valence-corrected chi connectivity index (χ3v) is 5.03. The molecule has 1 aromatic carbocycles. The number of rotatable bonds is 2. The molecule has 3 rings (SSSR count). The smallest absolute Gasteiger partial charge is 0.115 e. The number of phenols is 1. The second-order valence-electron chi connectivity index (χ2n) is 6.04. The van der Waals surface area contributed by atoms with Gasteiger partial charge >= 0.3 is 0 Å². The largest absolute Gasteiger partial charge is 0.508 e. The predicted molar refractivity (Wildman–Crippen MR) is 74.7 cm³/mol. The maximum absolute atomic E-state index is 9.77. The van der Waals surface area contributed by atoms with Gasteiger partial charge in [-0.25, -0.2) is 0 Å². The van der Waals surface area contributed by atoms with Crippen LogP contribution in [-0.2, 0) is 5.41 Å². The average Bonchev–Trinajstić information content (AvgIpc) is 2.62. The Kier molecular flexibility index (Phi) is 2.93. The molecule has 0 spiro atoms. The standard InChI is InChI=1S/C17H22O/c1-2-5-14-10-13-6-4-9-17(14,12-13)15-7-3-8-16(18)11-15/h2-3,5,7-8,11,13-14,18H,4,6,9-10,12H2,1H3/b5-2-/t13?,14-,17?/m0/s1. The molecule has 2 aliphatic carbocycles. The molecular weight excluding hydrogens is 220 g/mol. The lowest BCUT2D eigenvalue weighted by molar-refractivity contribution is 0.281. The first-order valence-corrected chi connectivity index (χ1v) is 7.17. The molecule has 2 saturated carbocycles. The van der Waals surface area contributed by atoms with Gasteiger partial charge in [-0.3, -0.25) is 0 Å². The Morgan fingerprint density at radius 1 is 1.39 bits per heavy atom. The van der Waals surface area contributed by atoms with Gasteiger partial charge < -0.3 is 5.11 Å². The summed E-state index contributed by atoms with van der Waals surface area (Å²) >= 11 is 0. The van der Waals surface area contributed by atoms with Crippen LogP contribution in [0.5, 0.6) is 5.75 Å². The van der Waals surface area contributed by atoms with Crippen LogP contribution in [-0.4, -0.2) is 5.11 Å². The zero-order chi connectivity index (χ0) is 12.6. The van der Waals surface area contributed by atoms with Crippen LogP contribution in [0.3, 0.4) is 0 Å². The van der Waals surface area contributed by atoms with Crippen LogP contribution < -0.4 is 0 Å². The molecule has 0 amide bonds. The Labute approximate surface area is 110 Å². The van der Waals surface area contributed by atoms with Crippen molar-refractivity contribution in [1.82, 2.24) is 0 Å². The first-order valence-electron chi connectivity index (χ1n) is 7.17. The lowest BCUT2D eigenvalue weighted by Gasteiger charge is -2.37. The number of hydrogen-bond acceptors (Lipinski definition) is 1. The molecule has 18 heavy (non-hydrogen) atoms. The number of allylic oxidation sites excluding steroid dienone is 2. The van der Waals surface area contributed by atoms with Crippen molar-refractivity contribution in [2.24, 2.45) is 11.8 Å². The molecule has 1 heteroatoms. The molecule has 1 nitrogen and oxygen atoms in total. The average molecular weight is 242 g/mol. The molecule has 2 fully saturated rings. The highest BCUT2D eigenvalue weighted by Gasteiger charge is 2.49. The molecule has 2 aliphatic rings. The Bertz CT molecular complexity index is 462. The molecule has 2 unspecified atom stereocenters. The van der Waals surface area contributed by atoms with E-state index < -0.39 is 0 Å². The van der Waals surface area contributed by atoms with Crippen LogP contribution in [0.15, 0.2) is 36.4 Å². The predicted octanol–water partition coefficient (Wildman–Crippen LogP) is 4.42. The minimum Gasteiger partial charge on any atom is -0.508 e. The molecule has 3 atom stereocenters. The summed E-state index contributed by atoms with van der Waals surface area (Å²) in [4.78, 5) is 0.